The summed E-state index contributed by atoms with van der Waals surface area (Å²) in [5.74, 6) is 0.00346. The summed E-state index contributed by atoms with van der Waals surface area (Å²) in [4.78, 5) is 11.7. The molecule has 0 radical (unpaired) electrons. The average molecular weight is 368 g/mol. The van der Waals surface area contributed by atoms with Gasteiger partial charge in [0.25, 0.3) is 0 Å². The van der Waals surface area contributed by atoms with Crippen LogP contribution in [0.1, 0.15) is 52.4 Å². The zero-order valence-corrected chi connectivity index (χ0v) is 13.6. The molecule has 1 rings (SSSR count). The van der Waals surface area contributed by atoms with Gasteiger partial charge in [0.2, 0.25) is 0 Å². The molecule has 0 aromatic carbocycles. The van der Waals surface area contributed by atoms with Crippen LogP contribution in [0, 0.1) is 5.92 Å². The van der Waals surface area contributed by atoms with Crippen molar-refractivity contribution in [1.82, 2.24) is 0 Å². The lowest BCUT2D eigenvalue weighted by Gasteiger charge is -2.15. The summed E-state index contributed by atoms with van der Waals surface area (Å²) in [5, 5.41) is 0. The van der Waals surface area contributed by atoms with E-state index in [0.717, 1.165) is 25.9 Å². The number of hydrogen-bond acceptors (Lipinski definition) is 3. The molecule has 0 aromatic rings. The molecule has 1 fully saturated rings. The van der Waals surface area contributed by atoms with E-state index >= 15 is 0 Å². The molecule has 0 bridgehead atoms. The van der Waals surface area contributed by atoms with Crippen LogP contribution in [-0.2, 0) is 14.3 Å². The minimum Gasteiger partial charge on any atom is -0.466 e. The van der Waals surface area contributed by atoms with Crippen molar-refractivity contribution in [2.45, 2.75) is 62.4 Å². The Morgan fingerprint density at radius 1 is 1.22 bits per heavy atom. The number of rotatable bonds is 8. The highest BCUT2D eigenvalue weighted by Crippen LogP contribution is 2.34. The number of halogens is 1. The maximum absolute atomic E-state index is 11.7. The smallest absolute Gasteiger partial charge is 0.309 e. The summed E-state index contributed by atoms with van der Waals surface area (Å²) in [5.41, 5.74) is 0. The Balaban J connectivity index is 2.20. The third kappa shape index (κ3) is 5.43. The molecule has 3 unspecified atom stereocenters. The van der Waals surface area contributed by atoms with Gasteiger partial charge < -0.3 is 9.47 Å². The fraction of sp³-hybridized carbons (Fsp3) is 0.929. The molecule has 0 saturated heterocycles. The van der Waals surface area contributed by atoms with Crippen LogP contribution in [-0.4, -0.2) is 29.2 Å². The second kappa shape index (κ2) is 9.13. The van der Waals surface area contributed by atoms with Gasteiger partial charge >= 0.3 is 5.97 Å². The van der Waals surface area contributed by atoms with E-state index < -0.39 is 0 Å². The van der Waals surface area contributed by atoms with E-state index in [4.69, 9.17) is 9.47 Å². The van der Waals surface area contributed by atoms with E-state index in [1.807, 2.05) is 6.92 Å². The van der Waals surface area contributed by atoms with Crippen molar-refractivity contribution in [2.24, 2.45) is 5.92 Å². The summed E-state index contributed by atoms with van der Waals surface area (Å²) in [6.07, 6.45) is 6.89. The van der Waals surface area contributed by atoms with Crippen LogP contribution in [0.3, 0.4) is 0 Å². The molecule has 4 heteroatoms. The summed E-state index contributed by atoms with van der Waals surface area (Å²) in [6, 6.07) is 0. The monoisotopic (exact) mass is 368 g/mol. The first kappa shape index (κ1) is 16.2. The van der Waals surface area contributed by atoms with Gasteiger partial charge in [0, 0.05) is 10.5 Å². The van der Waals surface area contributed by atoms with E-state index in [1.165, 1.54) is 19.3 Å². The number of carbonyl (C=O) groups is 1. The van der Waals surface area contributed by atoms with Crippen molar-refractivity contribution in [2.75, 3.05) is 13.2 Å². The molecule has 1 aliphatic carbocycles. The van der Waals surface area contributed by atoms with Crippen molar-refractivity contribution in [3.05, 3.63) is 0 Å². The minimum atomic E-state index is -0.0451. The van der Waals surface area contributed by atoms with Gasteiger partial charge in [0.05, 0.1) is 18.6 Å². The van der Waals surface area contributed by atoms with Crippen LogP contribution in [0.25, 0.3) is 0 Å². The zero-order chi connectivity index (χ0) is 13.4. The summed E-state index contributed by atoms with van der Waals surface area (Å²) in [6.45, 7) is 5.38. The van der Waals surface area contributed by atoms with E-state index in [0.29, 0.717) is 10.5 Å². The SMILES string of the molecule is CCCCCCOC1CC(C(=O)OCC)CC1I. The Hall–Kier alpha value is 0.160. The molecule has 0 spiro atoms. The molecule has 1 saturated carbocycles. The number of alkyl halides is 1. The van der Waals surface area contributed by atoms with Gasteiger partial charge in [-0.1, -0.05) is 48.8 Å². The standard InChI is InChI=1S/C14H25IO3/c1-3-5-6-7-8-18-13-10-11(9-12(13)15)14(16)17-4-2/h11-13H,3-10H2,1-2H3. The minimum absolute atomic E-state index is 0.0451. The van der Waals surface area contributed by atoms with Crippen molar-refractivity contribution >= 4 is 28.6 Å². The highest BCUT2D eigenvalue weighted by atomic mass is 127. The van der Waals surface area contributed by atoms with Gasteiger partial charge in [0.1, 0.15) is 0 Å². The Morgan fingerprint density at radius 3 is 2.67 bits per heavy atom. The van der Waals surface area contributed by atoms with Gasteiger partial charge in [-0.2, -0.15) is 0 Å². The van der Waals surface area contributed by atoms with E-state index in [1.54, 1.807) is 0 Å². The van der Waals surface area contributed by atoms with Crippen LogP contribution in [0.4, 0.5) is 0 Å². The van der Waals surface area contributed by atoms with Gasteiger partial charge in [-0.15, -0.1) is 0 Å². The Bertz CT molecular complexity index is 245. The fourth-order valence-corrected chi connectivity index (χ4v) is 3.45. The first-order chi connectivity index (χ1) is 8.69. The first-order valence-corrected chi connectivity index (χ1v) is 8.35. The number of esters is 1. The third-order valence-corrected chi connectivity index (χ3v) is 4.69. The van der Waals surface area contributed by atoms with Crippen molar-refractivity contribution in [3.8, 4) is 0 Å². The lowest BCUT2D eigenvalue weighted by molar-refractivity contribution is -0.148. The molecule has 0 amide bonds. The van der Waals surface area contributed by atoms with Crippen molar-refractivity contribution in [1.29, 1.82) is 0 Å². The highest BCUT2D eigenvalue weighted by Gasteiger charge is 2.37. The van der Waals surface area contributed by atoms with E-state index in [2.05, 4.69) is 29.5 Å². The topological polar surface area (TPSA) is 35.5 Å². The quantitative estimate of drug-likeness (QED) is 0.284. The van der Waals surface area contributed by atoms with Crippen LogP contribution in [0.15, 0.2) is 0 Å². The van der Waals surface area contributed by atoms with E-state index in [-0.39, 0.29) is 18.0 Å². The van der Waals surface area contributed by atoms with Crippen molar-refractivity contribution in [3.63, 3.8) is 0 Å². The lowest BCUT2D eigenvalue weighted by Crippen LogP contribution is -2.19. The third-order valence-electron chi connectivity index (χ3n) is 3.38. The molecule has 0 N–H and O–H groups in total. The molecular weight excluding hydrogens is 343 g/mol. The average Bonchev–Trinajstić information content (AvgIpc) is 2.71. The van der Waals surface area contributed by atoms with Gasteiger partial charge in [-0.3, -0.25) is 4.79 Å². The maximum Gasteiger partial charge on any atom is 0.309 e. The predicted molar refractivity (Wildman–Crippen MR) is 81.0 cm³/mol. The number of hydrogen-bond donors (Lipinski definition) is 0. The van der Waals surface area contributed by atoms with Crippen LogP contribution < -0.4 is 0 Å². The van der Waals surface area contributed by atoms with Crippen molar-refractivity contribution < 1.29 is 14.3 Å². The number of carbonyl (C=O) groups excluding carboxylic acids is 1. The molecule has 1 aliphatic rings. The molecule has 0 heterocycles. The molecule has 106 valence electrons. The Kier molecular flexibility index (Phi) is 8.22. The molecule has 3 nitrogen and oxygen atoms in total. The second-order valence-corrected chi connectivity index (χ2v) is 6.51. The van der Waals surface area contributed by atoms with Gasteiger partial charge in [-0.05, 0) is 26.2 Å². The zero-order valence-electron chi connectivity index (χ0n) is 11.5. The Morgan fingerprint density at radius 2 is 2.00 bits per heavy atom. The summed E-state index contributed by atoms with van der Waals surface area (Å²) >= 11 is 2.41. The second-order valence-electron chi connectivity index (χ2n) is 4.91. The fourth-order valence-electron chi connectivity index (χ4n) is 2.34. The normalized spacial score (nSPS) is 27.4. The van der Waals surface area contributed by atoms with Crippen LogP contribution >= 0.6 is 22.6 Å². The highest BCUT2D eigenvalue weighted by molar-refractivity contribution is 14.1. The summed E-state index contributed by atoms with van der Waals surface area (Å²) in [7, 11) is 0. The lowest BCUT2D eigenvalue weighted by atomic mass is 10.1. The van der Waals surface area contributed by atoms with Gasteiger partial charge in [0.15, 0.2) is 0 Å². The molecule has 18 heavy (non-hydrogen) atoms. The summed E-state index contributed by atoms with van der Waals surface area (Å²) < 4.78 is 11.4. The Labute approximate surface area is 124 Å². The molecule has 3 atom stereocenters. The number of unbranched alkanes of at least 4 members (excludes halogenated alkanes) is 3. The molecule has 0 aromatic heterocycles. The van der Waals surface area contributed by atoms with E-state index in [9.17, 15) is 4.79 Å². The first-order valence-electron chi connectivity index (χ1n) is 7.11. The van der Waals surface area contributed by atoms with Crippen LogP contribution in [0.2, 0.25) is 0 Å². The predicted octanol–water partition coefficient (Wildman–Crippen LogP) is 3.73. The maximum atomic E-state index is 11.7. The molecular formula is C14H25IO3. The van der Waals surface area contributed by atoms with Gasteiger partial charge in [-0.25, -0.2) is 0 Å². The number of ether oxygens (including phenoxy) is 2. The largest absolute Gasteiger partial charge is 0.466 e. The molecule has 0 aliphatic heterocycles. The van der Waals surface area contributed by atoms with Crippen LogP contribution in [0.5, 0.6) is 0 Å².